The fourth-order valence-electron chi connectivity index (χ4n) is 3.10. The fourth-order valence-corrected chi connectivity index (χ4v) is 3.10. The molecule has 2 aromatic heterocycles. The van der Waals surface area contributed by atoms with E-state index in [1.165, 1.54) is 0 Å². The van der Waals surface area contributed by atoms with Crippen LogP contribution < -0.4 is 5.32 Å². The van der Waals surface area contributed by atoms with Gasteiger partial charge < -0.3 is 10.1 Å². The van der Waals surface area contributed by atoms with Gasteiger partial charge in [-0.3, -0.25) is 9.47 Å². The standard InChI is InChI=1S/C17H24N6O/c1-2-24-13-12-23-16-15(4-3-8-19-16)21-17(23)20-14-5-9-22(10-6-14)11-7-18/h3-4,8,14H,2,5-6,9-13H2,1H3,(H,20,21). The number of pyridine rings is 1. The third kappa shape index (κ3) is 3.83. The number of fused-ring (bicyclic) bond motifs is 1. The summed E-state index contributed by atoms with van der Waals surface area (Å²) in [6.45, 7) is 6.50. The number of piperidine rings is 1. The molecule has 3 heterocycles. The molecule has 24 heavy (non-hydrogen) atoms. The van der Waals surface area contributed by atoms with Gasteiger partial charge >= 0.3 is 0 Å². The van der Waals surface area contributed by atoms with Crippen LogP contribution in [0.4, 0.5) is 5.95 Å². The van der Waals surface area contributed by atoms with Gasteiger partial charge in [-0.15, -0.1) is 0 Å². The summed E-state index contributed by atoms with van der Waals surface area (Å²) in [7, 11) is 0. The summed E-state index contributed by atoms with van der Waals surface area (Å²) in [5.74, 6) is 0.863. The van der Waals surface area contributed by atoms with Crippen molar-refractivity contribution >= 4 is 17.1 Å². The molecule has 128 valence electrons. The van der Waals surface area contributed by atoms with Gasteiger partial charge in [0.05, 0.1) is 25.8 Å². The number of rotatable bonds is 7. The Morgan fingerprint density at radius 3 is 3.00 bits per heavy atom. The molecule has 1 saturated heterocycles. The molecule has 0 bridgehead atoms. The lowest BCUT2D eigenvalue weighted by Gasteiger charge is -2.31. The second-order valence-electron chi connectivity index (χ2n) is 5.98. The minimum absolute atomic E-state index is 0.377. The number of aromatic nitrogens is 3. The zero-order valence-corrected chi connectivity index (χ0v) is 14.1. The van der Waals surface area contributed by atoms with E-state index in [0.29, 0.717) is 25.8 Å². The smallest absolute Gasteiger partial charge is 0.205 e. The first-order valence-electron chi connectivity index (χ1n) is 8.56. The van der Waals surface area contributed by atoms with E-state index in [-0.39, 0.29) is 0 Å². The SMILES string of the molecule is CCOCCn1c(NC2CCN(CC#N)CC2)nc2cccnc21. The zero-order valence-electron chi connectivity index (χ0n) is 14.1. The highest BCUT2D eigenvalue weighted by Gasteiger charge is 2.21. The maximum Gasteiger partial charge on any atom is 0.205 e. The molecule has 1 aliphatic rings. The molecular formula is C17H24N6O. The van der Waals surface area contributed by atoms with Gasteiger partial charge in [-0.2, -0.15) is 5.26 Å². The summed E-state index contributed by atoms with van der Waals surface area (Å²) in [6.07, 6.45) is 3.83. The van der Waals surface area contributed by atoms with Gasteiger partial charge in [-0.25, -0.2) is 9.97 Å². The van der Waals surface area contributed by atoms with Crippen molar-refractivity contribution in [1.29, 1.82) is 5.26 Å². The molecule has 0 aliphatic carbocycles. The van der Waals surface area contributed by atoms with Gasteiger partial charge in [0.1, 0.15) is 5.52 Å². The van der Waals surface area contributed by atoms with Gasteiger partial charge in [-0.1, -0.05) is 0 Å². The van der Waals surface area contributed by atoms with Crippen molar-refractivity contribution in [1.82, 2.24) is 19.4 Å². The zero-order chi connectivity index (χ0) is 16.8. The molecule has 0 atom stereocenters. The predicted octanol–water partition coefficient (Wildman–Crippen LogP) is 1.87. The lowest BCUT2D eigenvalue weighted by Crippen LogP contribution is -2.39. The molecule has 0 amide bonds. The molecule has 0 aromatic carbocycles. The summed E-state index contributed by atoms with van der Waals surface area (Å²) in [5.41, 5.74) is 1.79. The van der Waals surface area contributed by atoms with Crippen LogP contribution in [0.2, 0.25) is 0 Å². The third-order valence-electron chi connectivity index (χ3n) is 4.38. The van der Waals surface area contributed by atoms with E-state index in [1.54, 1.807) is 6.20 Å². The maximum atomic E-state index is 8.80. The van der Waals surface area contributed by atoms with E-state index in [0.717, 1.165) is 49.6 Å². The lowest BCUT2D eigenvalue weighted by atomic mass is 10.1. The van der Waals surface area contributed by atoms with Crippen LogP contribution >= 0.6 is 0 Å². The molecule has 2 aromatic rings. The Balaban J connectivity index is 1.71. The Hall–Kier alpha value is -2.17. The number of ether oxygens (including phenoxy) is 1. The molecule has 0 radical (unpaired) electrons. The van der Waals surface area contributed by atoms with E-state index >= 15 is 0 Å². The Kier molecular flexibility index (Phi) is 5.62. The highest BCUT2D eigenvalue weighted by Crippen LogP contribution is 2.21. The largest absolute Gasteiger partial charge is 0.380 e. The van der Waals surface area contributed by atoms with Gasteiger partial charge in [0.25, 0.3) is 0 Å². The molecule has 1 fully saturated rings. The first-order valence-corrected chi connectivity index (χ1v) is 8.56. The monoisotopic (exact) mass is 328 g/mol. The van der Waals surface area contributed by atoms with Crippen LogP contribution in [0.1, 0.15) is 19.8 Å². The summed E-state index contributed by atoms with van der Waals surface area (Å²) >= 11 is 0. The summed E-state index contributed by atoms with van der Waals surface area (Å²) in [4.78, 5) is 11.4. The van der Waals surface area contributed by atoms with Crippen LogP contribution in [0, 0.1) is 11.3 Å². The summed E-state index contributed by atoms with van der Waals surface area (Å²) < 4.78 is 7.60. The van der Waals surface area contributed by atoms with Crippen molar-refractivity contribution in [2.45, 2.75) is 32.4 Å². The van der Waals surface area contributed by atoms with Crippen LogP contribution in [-0.2, 0) is 11.3 Å². The first-order chi connectivity index (χ1) is 11.8. The van der Waals surface area contributed by atoms with Gasteiger partial charge in [0, 0.05) is 31.9 Å². The van der Waals surface area contributed by atoms with Crippen molar-refractivity contribution in [3.05, 3.63) is 18.3 Å². The number of nitriles is 1. The Morgan fingerprint density at radius 1 is 1.42 bits per heavy atom. The first kappa shape index (κ1) is 16.7. The predicted molar refractivity (Wildman–Crippen MR) is 92.7 cm³/mol. The fraction of sp³-hybridized carbons (Fsp3) is 0.588. The number of nitrogens with zero attached hydrogens (tertiary/aromatic N) is 5. The van der Waals surface area contributed by atoms with Crippen molar-refractivity contribution in [2.75, 3.05) is 38.2 Å². The minimum atomic E-state index is 0.377. The number of likely N-dealkylation sites (tertiary alicyclic amines) is 1. The van der Waals surface area contributed by atoms with Crippen molar-refractivity contribution in [3.63, 3.8) is 0 Å². The molecule has 1 aliphatic heterocycles. The van der Waals surface area contributed by atoms with Crippen molar-refractivity contribution < 1.29 is 4.74 Å². The molecule has 1 N–H and O–H groups in total. The van der Waals surface area contributed by atoms with Crippen LogP contribution in [0.3, 0.4) is 0 Å². The molecule has 0 unspecified atom stereocenters. The molecule has 0 saturated carbocycles. The molecule has 7 heteroatoms. The number of hydrogen-bond acceptors (Lipinski definition) is 6. The number of anilines is 1. The number of imidazole rings is 1. The van der Waals surface area contributed by atoms with Crippen molar-refractivity contribution in [2.24, 2.45) is 0 Å². The minimum Gasteiger partial charge on any atom is -0.380 e. The average Bonchev–Trinajstić information content (AvgIpc) is 2.95. The topological polar surface area (TPSA) is 79.0 Å². The molecule has 3 rings (SSSR count). The average molecular weight is 328 g/mol. The molecule has 0 spiro atoms. The lowest BCUT2D eigenvalue weighted by molar-refractivity contribution is 0.140. The number of hydrogen-bond donors (Lipinski definition) is 1. The third-order valence-corrected chi connectivity index (χ3v) is 4.38. The van der Waals surface area contributed by atoms with Crippen molar-refractivity contribution in [3.8, 4) is 6.07 Å². The normalized spacial score (nSPS) is 16.3. The quantitative estimate of drug-likeness (QED) is 0.617. The van der Waals surface area contributed by atoms with Gasteiger partial charge in [-0.05, 0) is 31.9 Å². The Bertz CT molecular complexity index is 699. The van der Waals surface area contributed by atoms with E-state index in [4.69, 9.17) is 15.0 Å². The van der Waals surface area contributed by atoms with E-state index < -0.39 is 0 Å². The molecule has 7 nitrogen and oxygen atoms in total. The van der Waals surface area contributed by atoms with Crippen LogP contribution in [-0.4, -0.2) is 58.3 Å². The van der Waals surface area contributed by atoms with Gasteiger partial charge in [0.15, 0.2) is 5.65 Å². The summed E-state index contributed by atoms with van der Waals surface area (Å²) in [5, 5.41) is 12.4. The Labute approximate surface area is 142 Å². The number of nitrogens with one attached hydrogen (secondary N) is 1. The van der Waals surface area contributed by atoms with E-state index in [2.05, 4.69) is 25.8 Å². The van der Waals surface area contributed by atoms with Crippen LogP contribution in [0.25, 0.3) is 11.2 Å². The van der Waals surface area contributed by atoms with Crippen LogP contribution in [0.15, 0.2) is 18.3 Å². The Morgan fingerprint density at radius 2 is 2.25 bits per heavy atom. The van der Waals surface area contributed by atoms with E-state index in [9.17, 15) is 0 Å². The summed E-state index contributed by atoms with van der Waals surface area (Å²) in [6, 6.07) is 6.50. The van der Waals surface area contributed by atoms with E-state index in [1.807, 2.05) is 19.1 Å². The maximum absolute atomic E-state index is 8.80. The molecular weight excluding hydrogens is 304 g/mol. The van der Waals surface area contributed by atoms with Crippen LogP contribution in [0.5, 0.6) is 0 Å². The second kappa shape index (κ2) is 8.08. The highest BCUT2D eigenvalue weighted by molar-refractivity contribution is 5.74. The van der Waals surface area contributed by atoms with Gasteiger partial charge in [0.2, 0.25) is 5.95 Å². The highest BCUT2D eigenvalue weighted by atomic mass is 16.5. The second-order valence-corrected chi connectivity index (χ2v) is 5.98.